The number of hydrogen-bond donors (Lipinski definition) is 0. The fourth-order valence-corrected chi connectivity index (χ4v) is 2.46. The highest BCUT2D eigenvalue weighted by Crippen LogP contribution is 2.21. The minimum atomic E-state index is -2.54. The highest BCUT2D eigenvalue weighted by atomic mass is 19.3. The van der Waals surface area contributed by atoms with Gasteiger partial charge in [0.1, 0.15) is 5.82 Å². The van der Waals surface area contributed by atoms with Gasteiger partial charge in [-0.1, -0.05) is 0 Å². The van der Waals surface area contributed by atoms with Crippen LogP contribution >= 0.6 is 0 Å². The van der Waals surface area contributed by atoms with Gasteiger partial charge >= 0.3 is 6.55 Å². The summed E-state index contributed by atoms with van der Waals surface area (Å²) in [5.41, 5.74) is 2.28. The lowest BCUT2D eigenvalue weighted by Gasteiger charge is -2.14. The SMILES string of the molecule is FC(F)n1ccnc1Cn1cnc2c1CCCC2. The molecule has 1 aliphatic rings. The largest absolute Gasteiger partial charge is 0.327 e. The molecule has 0 spiro atoms. The highest BCUT2D eigenvalue weighted by molar-refractivity contribution is 5.17. The molecule has 96 valence electrons. The van der Waals surface area contributed by atoms with E-state index in [0.717, 1.165) is 35.9 Å². The van der Waals surface area contributed by atoms with Gasteiger partial charge in [0.15, 0.2) is 0 Å². The maximum absolute atomic E-state index is 12.7. The van der Waals surface area contributed by atoms with Crippen LogP contribution in [0.3, 0.4) is 0 Å². The molecule has 0 aliphatic heterocycles. The lowest BCUT2D eigenvalue weighted by atomic mass is 10.0. The van der Waals surface area contributed by atoms with Gasteiger partial charge in [0, 0.05) is 18.1 Å². The molecule has 0 radical (unpaired) electrons. The van der Waals surface area contributed by atoms with Gasteiger partial charge in [0.2, 0.25) is 0 Å². The van der Waals surface area contributed by atoms with E-state index in [4.69, 9.17) is 0 Å². The fourth-order valence-electron chi connectivity index (χ4n) is 2.46. The summed E-state index contributed by atoms with van der Waals surface area (Å²) in [6, 6.07) is 0. The van der Waals surface area contributed by atoms with E-state index in [2.05, 4.69) is 9.97 Å². The fraction of sp³-hybridized carbons (Fsp3) is 0.500. The van der Waals surface area contributed by atoms with Gasteiger partial charge in [-0.25, -0.2) is 9.97 Å². The number of nitrogens with zero attached hydrogens (tertiary/aromatic N) is 4. The summed E-state index contributed by atoms with van der Waals surface area (Å²) < 4.78 is 28.3. The monoisotopic (exact) mass is 252 g/mol. The van der Waals surface area contributed by atoms with E-state index in [1.807, 2.05) is 4.57 Å². The van der Waals surface area contributed by atoms with Crippen molar-refractivity contribution in [2.75, 3.05) is 0 Å². The zero-order chi connectivity index (χ0) is 12.5. The number of fused-ring (bicyclic) bond motifs is 1. The third-order valence-electron chi connectivity index (χ3n) is 3.38. The number of rotatable bonds is 3. The molecule has 0 saturated carbocycles. The summed E-state index contributed by atoms with van der Waals surface area (Å²) in [4.78, 5) is 8.35. The highest BCUT2D eigenvalue weighted by Gasteiger charge is 2.17. The minimum Gasteiger partial charge on any atom is -0.327 e. The molecule has 3 rings (SSSR count). The first-order valence-electron chi connectivity index (χ1n) is 6.08. The van der Waals surface area contributed by atoms with Crippen molar-refractivity contribution < 1.29 is 8.78 Å². The van der Waals surface area contributed by atoms with Gasteiger partial charge in [-0.2, -0.15) is 8.78 Å². The molecular weight excluding hydrogens is 238 g/mol. The van der Waals surface area contributed by atoms with Crippen molar-refractivity contribution in [2.24, 2.45) is 0 Å². The van der Waals surface area contributed by atoms with E-state index in [1.54, 1.807) is 6.33 Å². The Bertz CT molecular complexity index is 544. The summed E-state index contributed by atoms with van der Waals surface area (Å²) in [7, 11) is 0. The third-order valence-corrected chi connectivity index (χ3v) is 3.38. The molecule has 2 aromatic heterocycles. The lowest BCUT2D eigenvalue weighted by Crippen LogP contribution is -2.12. The Morgan fingerprint density at radius 3 is 2.89 bits per heavy atom. The van der Waals surface area contributed by atoms with Gasteiger partial charge in [0.25, 0.3) is 0 Å². The van der Waals surface area contributed by atoms with Crippen molar-refractivity contribution in [3.63, 3.8) is 0 Å². The van der Waals surface area contributed by atoms with Crippen LogP contribution in [0.15, 0.2) is 18.7 Å². The Morgan fingerprint density at radius 1 is 1.22 bits per heavy atom. The topological polar surface area (TPSA) is 35.6 Å². The van der Waals surface area contributed by atoms with Crippen LogP contribution in [0.1, 0.15) is 36.6 Å². The second-order valence-electron chi connectivity index (χ2n) is 4.50. The number of hydrogen-bond acceptors (Lipinski definition) is 2. The van der Waals surface area contributed by atoms with Crippen molar-refractivity contribution in [1.82, 2.24) is 19.1 Å². The van der Waals surface area contributed by atoms with Gasteiger partial charge in [-0.05, 0) is 25.7 Å². The van der Waals surface area contributed by atoms with Gasteiger partial charge in [0.05, 0.1) is 18.6 Å². The summed E-state index contributed by atoms with van der Waals surface area (Å²) in [5, 5.41) is 0. The molecule has 18 heavy (non-hydrogen) atoms. The average molecular weight is 252 g/mol. The lowest BCUT2D eigenvalue weighted by molar-refractivity contribution is 0.0666. The van der Waals surface area contributed by atoms with Crippen LogP contribution in [0.5, 0.6) is 0 Å². The van der Waals surface area contributed by atoms with E-state index in [-0.39, 0.29) is 0 Å². The summed E-state index contributed by atoms with van der Waals surface area (Å²) >= 11 is 0. The molecule has 0 fully saturated rings. The predicted octanol–water partition coefficient (Wildman–Crippen LogP) is 2.40. The molecule has 6 heteroatoms. The Morgan fingerprint density at radius 2 is 2.06 bits per heavy atom. The van der Waals surface area contributed by atoms with Crippen molar-refractivity contribution in [3.8, 4) is 0 Å². The van der Waals surface area contributed by atoms with Crippen LogP contribution in [-0.4, -0.2) is 19.1 Å². The number of alkyl halides is 2. The Balaban J connectivity index is 1.88. The molecule has 0 amide bonds. The summed E-state index contributed by atoms with van der Waals surface area (Å²) in [6.45, 7) is -2.18. The Kier molecular flexibility index (Phi) is 2.85. The first-order chi connectivity index (χ1) is 8.75. The van der Waals surface area contributed by atoms with E-state index >= 15 is 0 Å². The van der Waals surface area contributed by atoms with E-state index in [9.17, 15) is 8.78 Å². The van der Waals surface area contributed by atoms with E-state index in [1.165, 1.54) is 18.1 Å². The Hall–Kier alpha value is -1.72. The molecule has 4 nitrogen and oxygen atoms in total. The second kappa shape index (κ2) is 4.51. The molecule has 0 bridgehead atoms. The number of halogens is 2. The van der Waals surface area contributed by atoms with Crippen molar-refractivity contribution in [3.05, 3.63) is 35.9 Å². The number of aromatic nitrogens is 4. The maximum Gasteiger partial charge on any atom is 0.319 e. The van der Waals surface area contributed by atoms with Crippen LogP contribution < -0.4 is 0 Å². The molecule has 0 atom stereocenters. The standard InChI is InChI=1S/C12H14F2N4/c13-12(14)18-6-5-15-11(18)7-17-8-16-9-3-1-2-4-10(9)17/h5-6,8,12H,1-4,7H2. The van der Waals surface area contributed by atoms with Crippen LogP contribution in [0, 0.1) is 0 Å². The molecule has 0 aromatic carbocycles. The molecule has 0 N–H and O–H groups in total. The van der Waals surface area contributed by atoms with Crippen LogP contribution in [-0.2, 0) is 19.4 Å². The first-order valence-corrected chi connectivity index (χ1v) is 6.08. The second-order valence-corrected chi connectivity index (χ2v) is 4.50. The third kappa shape index (κ3) is 1.91. The van der Waals surface area contributed by atoms with Gasteiger partial charge < -0.3 is 4.57 Å². The van der Waals surface area contributed by atoms with Crippen molar-refractivity contribution in [2.45, 2.75) is 38.8 Å². The Labute approximate surface area is 103 Å². The predicted molar refractivity (Wildman–Crippen MR) is 61.5 cm³/mol. The number of aryl methyl sites for hydroxylation is 1. The molecule has 2 heterocycles. The molecular formula is C12H14F2N4. The summed E-state index contributed by atoms with van der Waals surface area (Å²) in [5.74, 6) is 0.371. The average Bonchev–Trinajstić information content (AvgIpc) is 2.97. The van der Waals surface area contributed by atoms with Gasteiger partial charge in [-0.3, -0.25) is 4.57 Å². The number of imidazole rings is 2. The molecule has 0 unspecified atom stereocenters. The molecule has 1 aliphatic carbocycles. The molecule has 0 saturated heterocycles. The van der Waals surface area contributed by atoms with E-state index in [0.29, 0.717) is 12.4 Å². The summed E-state index contributed by atoms with van der Waals surface area (Å²) in [6.07, 6.45) is 8.72. The van der Waals surface area contributed by atoms with Gasteiger partial charge in [-0.15, -0.1) is 0 Å². The van der Waals surface area contributed by atoms with Crippen molar-refractivity contribution in [1.29, 1.82) is 0 Å². The quantitative estimate of drug-likeness (QED) is 0.841. The van der Waals surface area contributed by atoms with Crippen LogP contribution in [0.25, 0.3) is 0 Å². The van der Waals surface area contributed by atoms with Crippen LogP contribution in [0.2, 0.25) is 0 Å². The smallest absolute Gasteiger partial charge is 0.319 e. The van der Waals surface area contributed by atoms with Crippen molar-refractivity contribution >= 4 is 0 Å². The van der Waals surface area contributed by atoms with Crippen LogP contribution in [0.4, 0.5) is 8.78 Å². The molecule has 2 aromatic rings. The maximum atomic E-state index is 12.7. The zero-order valence-corrected chi connectivity index (χ0v) is 9.89. The normalized spacial score (nSPS) is 15.1. The first kappa shape index (κ1) is 11.4. The zero-order valence-electron chi connectivity index (χ0n) is 9.89. The minimum absolute atomic E-state index is 0.361. The van der Waals surface area contributed by atoms with E-state index < -0.39 is 6.55 Å².